The van der Waals surface area contributed by atoms with E-state index >= 15 is 0 Å². The normalized spacial score (nSPS) is 24.3. The van der Waals surface area contributed by atoms with Gasteiger partial charge in [0.15, 0.2) is 0 Å². The van der Waals surface area contributed by atoms with E-state index in [1.54, 1.807) is 11.1 Å². The summed E-state index contributed by atoms with van der Waals surface area (Å²) in [6, 6.07) is 7.48. The fourth-order valence-corrected chi connectivity index (χ4v) is 3.70. The number of aryl methyl sites for hydroxylation is 2. The molecule has 1 aliphatic heterocycles. The number of nitrogens with zero attached hydrogens (tertiary/aromatic N) is 1. The number of nitrogens with two attached hydrogens (primary N) is 1. The Labute approximate surface area is 117 Å². The van der Waals surface area contributed by atoms with Crippen LogP contribution in [-0.2, 0) is 12.8 Å². The molecule has 1 aliphatic carbocycles. The Hall–Kier alpha value is -1.02. The Morgan fingerprint density at radius 2 is 2.05 bits per heavy atom. The van der Waals surface area contributed by atoms with Crippen molar-refractivity contribution in [2.45, 2.75) is 51.5 Å². The van der Waals surface area contributed by atoms with Gasteiger partial charge in [0, 0.05) is 24.8 Å². The summed E-state index contributed by atoms with van der Waals surface area (Å²) in [5.41, 5.74) is 10.5. The van der Waals surface area contributed by atoms with Gasteiger partial charge in [-0.25, -0.2) is 0 Å². The minimum atomic E-state index is 0.341. The number of anilines is 1. The third-order valence-corrected chi connectivity index (χ3v) is 4.69. The van der Waals surface area contributed by atoms with E-state index < -0.39 is 0 Å². The maximum absolute atomic E-state index is 5.93. The van der Waals surface area contributed by atoms with E-state index in [-0.39, 0.29) is 0 Å². The van der Waals surface area contributed by atoms with Crippen molar-refractivity contribution < 1.29 is 0 Å². The van der Waals surface area contributed by atoms with Gasteiger partial charge in [0.25, 0.3) is 0 Å². The third kappa shape index (κ3) is 2.94. The van der Waals surface area contributed by atoms with E-state index in [9.17, 15) is 0 Å². The SMILES string of the molecule is CC(N)CC1CCN(c2ccc3c(c2)CCCC3)C1. The molecule has 3 rings (SSSR count). The van der Waals surface area contributed by atoms with E-state index in [1.165, 1.54) is 57.3 Å². The highest BCUT2D eigenvalue weighted by atomic mass is 15.1. The number of rotatable bonds is 3. The molecule has 0 bridgehead atoms. The molecule has 0 spiro atoms. The van der Waals surface area contributed by atoms with Gasteiger partial charge in [-0.05, 0) is 74.6 Å². The first-order chi connectivity index (χ1) is 9.22. The van der Waals surface area contributed by atoms with Crippen molar-refractivity contribution >= 4 is 5.69 Å². The molecular weight excluding hydrogens is 232 g/mol. The Morgan fingerprint density at radius 1 is 1.26 bits per heavy atom. The van der Waals surface area contributed by atoms with Gasteiger partial charge in [0.1, 0.15) is 0 Å². The molecule has 2 aliphatic rings. The highest BCUT2D eigenvalue weighted by molar-refractivity contribution is 5.52. The zero-order valence-corrected chi connectivity index (χ0v) is 12.1. The Balaban J connectivity index is 1.69. The number of benzene rings is 1. The zero-order valence-electron chi connectivity index (χ0n) is 12.1. The molecule has 2 unspecified atom stereocenters. The first-order valence-electron chi connectivity index (χ1n) is 7.84. The molecule has 1 aromatic carbocycles. The summed E-state index contributed by atoms with van der Waals surface area (Å²) >= 11 is 0. The summed E-state index contributed by atoms with van der Waals surface area (Å²) in [5, 5.41) is 0. The summed E-state index contributed by atoms with van der Waals surface area (Å²) in [4.78, 5) is 2.56. The van der Waals surface area contributed by atoms with Gasteiger partial charge < -0.3 is 10.6 Å². The van der Waals surface area contributed by atoms with Crippen LogP contribution in [0, 0.1) is 5.92 Å². The van der Waals surface area contributed by atoms with Crippen LogP contribution in [0.4, 0.5) is 5.69 Å². The Kier molecular flexibility index (Phi) is 3.79. The molecule has 2 heteroatoms. The average Bonchev–Trinajstić information content (AvgIpc) is 2.86. The lowest BCUT2D eigenvalue weighted by Gasteiger charge is -2.23. The van der Waals surface area contributed by atoms with Crippen LogP contribution in [0.1, 0.15) is 43.7 Å². The standard InChI is InChI=1S/C17H26N2/c1-13(18)10-14-8-9-19(12-14)17-7-6-15-4-2-3-5-16(15)11-17/h6-7,11,13-14H,2-5,8-10,12,18H2,1H3. The highest BCUT2D eigenvalue weighted by Crippen LogP contribution is 2.30. The quantitative estimate of drug-likeness (QED) is 0.902. The fraction of sp³-hybridized carbons (Fsp3) is 0.647. The van der Waals surface area contributed by atoms with Crippen LogP contribution >= 0.6 is 0 Å². The predicted molar refractivity (Wildman–Crippen MR) is 81.7 cm³/mol. The molecule has 104 valence electrons. The molecule has 1 fully saturated rings. The van der Waals surface area contributed by atoms with Gasteiger partial charge in [-0.15, -0.1) is 0 Å². The van der Waals surface area contributed by atoms with E-state index in [0.717, 1.165) is 5.92 Å². The van der Waals surface area contributed by atoms with Gasteiger partial charge in [-0.2, -0.15) is 0 Å². The van der Waals surface area contributed by atoms with Crippen LogP contribution in [0.5, 0.6) is 0 Å². The molecule has 1 heterocycles. The lowest BCUT2D eigenvalue weighted by Crippen LogP contribution is -2.23. The van der Waals surface area contributed by atoms with Crippen LogP contribution in [0.25, 0.3) is 0 Å². The number of hydrogen-bond donors (Lipinski definition) is 1. The predicted octanol–water partition coefficient (Wildman–Crippen LogP) is 3.13. The van der Waals surface area contributed by atoms with Crippen LogP contribution in [0.15, 0.2) is 18.2 Å². The lowest BCUT2D eigenvalue weighted by molar-refractivity contribution is 0.485. The molecule has 1 saturated heterocycles. The van der Waals surface area contributed by atoms with Crippen molar-refractivity contribution in [3.05, 3.63) is 29.3 Å². The van der Waals surface area contributed by atoms with Gasteiger partial charge >= 0.3 is 0 Å². The van der Waals surface area contributed by atoms with Crippen LogP contribution < -0.4 is 10.6 Å². The smallest absolute Gasteiger partial charge is 0.0369 e. The Bertz CT molecular complexity index is 439. The second-order valence-corrected chi connectivity index (χ2v) is 6.47. The van der Waals surface area contributed by atoms with Crippen molar-refractivity contribution in [1.29, 1.82) is 0 Å². The van der Waals surface area contributed by atoms with Crippen molar-refractivity contribution in [2.75, 3.05) is 18.0 Å². The minimum Gasteiger partial charge on any atom is -0.371 e. The molecule has 1 aromatic rings. The van der Waals surface area contributed by atoms with E-state index in [0.29, 0.717) is 6.04 Å². The second-order valence-electron chi connectivity index (χ2n) is 6.47. The van der Waals surface area contributed by atoms with Crippen LogP contribution in [-0.4, -0.2) is 19.1 Å². The molecule has 2 nitrogen and oxygen atoms in total. The largest absolute Gasteiger partial charge is 0.371 e. The Morgan fingerprint density at radius 3 is 2.84 bits per heavy atom. The van der Waals surface area contributed by atoms with Crippen molar-refractivity contribution in [3.8, 4) is 0 Å². The summed E-state index contributed by atoms with van der Waals surface area (Å²) in [7, 11) is 0. The summed E-state index contributed by atoms with van der Waals surface area (Å²) < 4.78 is 0. The fourth-order valence-electron chi connectivity index (χ4n) is 3.70. The van der Waals surface area contributed by atoms with Crippen molar-refractivity contribution in [3.63, 3.8) is 0 Å². The molecule has 0 aromatic heterocycles. The zero-order chi connectivity index (χ0) is 13.2. The lowest BCUT2D eigenvalue weighted by atomic mass is 9.91. The monoisotopic (exact) mass is 258 g/mol. The molecular formula is C17H26N2. The van der Waals surface area contributed by atoms with Gasteiger partial charge in [0.05, 0.1) is 0 Å². The topological polar surface area (TPSA) is 29.3 Å². The highest BCUT2D eigenvalue weighted by Gasteiger charge is 2.24. The number of hydrogen-bond acceptors (Lipinski definition) is 2. The summed E-state index contributed by atoms with van der Waals surface area (Å²) in [6.07, 6.45) is 7.76. The molecule has 0 radical (unpaired) electrons. The summed E-state index contributed by atoms with van der Waals surface area (Å²) in [5.74, 6) is 0.788. The summed E-state index contributed by atoms with van der Waals surface area (Å²) in [6.45, 7) is 4.53. The van der Waals surface area contributed by atoms with E-state index in [4.69, 9.17) is 5.73 Å². The molecule has 0 saturated carbocycles. The minimum absolute atomic E-state index is 0.341. The first kappa shape index (κ1) is 13.0. The van der Waals surface area contributed by atoms with Crippen LogP contribution in [0.2, 0.25) is 0 Å². The maximum atomic E-state index is 5.93. The van der Waals surface area contributed by atoms with Gasteiger partial charge in [0.2, 0.25) is 0 Å². The van der Waals surface area contributed by atoms with Gasteiger partial charge in [-0.3, -0.25) is 0 Å². The van der Waals surface area contributed by atoms with Crippen molar-refractivity contribution in [2.24, 2.45) is 11.7 Å². The van der Waals surface area contributed by atoms with Crippen LogP contribution in [0.3, 0.4) is 0 Å². The van der Waals surface area contributed by atoms with E-state index in [1.807, 2.05) is 0 Å². The molecule has 2 N–H and O–H groups in total. The third-order valence-electron chi connectivity index (χ3n) is 4.69. The number of fused-ring (bicyclic) bond motifs is 1. The van der Waals surface area contributed by atoms with Crippen molar-refractivity contribution in [1.82, 2.24) is 0 Å². The molecule has 2 atom stereocenters. The molecule has 19 heavy (non-hydrogen) atoms. The molecule has 0 amide bonds. The van der Waals surface area contributed by atoms with Gasteiger partial charge in [-0.1, -0.05) is 6.07 Å². The first-order valence-corrected chi connectivity index (χ1v) is 7.84. The van der Waals surface area contributed by atoms with E-state index in [2.05, 4.69) is 30.0 Å². The average molecular weight is 258 g/mol. The maximum Gasteiger partial charge on any atom is 0.0369 e. The second kappa shape index (κ2) is 5.54.